The normalized spacial score (nSPS) is 13.8. The van der Waals surface area contributed by atoms with E-state index in [2.05, 4.69) is 4.98 Å². The summed E-state index contributed by atoms with van der Waals surface area (Å²) in [5, 5.41) is 8.92. The maximum atomic E-state index is 13.2. The number of amides is 2. The van der Waals surface area contributed by atoms with Crippen LogP contribution in [0.15, 0.2) is 12.1 Å². The van der Waals surface area contributed by atoms with Gasteiger partial charge in [-0.2, -0.15) is 13.2 Å². The number of hydrogen-bond donors (Lipinski definition) is 2. The number of halogens is 5. The van der Waals surface area contributed by atoms with Crippen molar-refractivity contribution in [1.29, 1.82) is 0 Å². The molecule has 1 aromatic carbocycles. The lowest BCUT2D eigenvalue weighted by atomic mass is 9.94. The molecule has 0 saturated carbocycles. The van der Waals surface area contributed by atoms with Gasteiger partial charge in [0.1, 0.15) is 5.69 Å². The molecule has 1 unspecified atom stereocenters. The van der Waals surface area contributed by atoms with E-state index in [-0.39, 0.29) is 26.2 Å². The van der Waals surface area contributed by atoms with Gasteiger partial charge in [0, 0.05) is 24.2 Å². The van der Waals surface area contributed by atoms with Crippen molar-refractivity contribution in [3.05, 3.63) is 38.4 Å². The molecule has 0 aliphatic heterocycles. The molecule has 12 heteroatoms. The highest BCUT2D eigenvalue weighted by molar-refractivity contribution is 7.17. The van der Waals surface area contributed by atoms with Crippen LogP contribution in [-0.4, -0.2) is 46.1 Å². The number of alkyl halides is 3. The Morgan fingerprint density at radius 2 is 1.77 bits per heavy atom. The molecule has 2 rings (SSSR count). The fourth-order valence-electron chi connectivity index (χ4n) is 2.67. The van der Waals surface area contributed by atoms with Crippen molar-refractivity contribution in [2.75, 3.05) is 13.1 Å². The summed E-state index contributed by atoms with van der Waals surface area (Å²) >= 11 is 13.1. The Labute approximate surface area is 184 Å². The summed E-state index contributed by atoms with van der Waals surface area (Å²) in [6, 6.07) is 2.15. The third kappa shape index (κ3) is 4.27. The first kappa shape index (κ1) is 24.4. The first-order chi connectivity index (χ1) is 13.8. The second kappa shape index (κ2) is 8.70. The SMILES string of the molecule is CCN(CC)C(=O)c1nc(C(N)=O)sc1-c1ccc(C(C)(O)C(F)(F)F)c(Cl)c1Cl. The molecule has 164 valence electrons. The van der Waals surface area contributed by atoms with Crippen LogP contribution in [0.5, 0.6) is 0 Å². The number of aromatic nitrogens is 1. The van der Waals surface area contributed by atoms with E-state index in [0.717, 1.165) is 17.4 Å². The molecule has 0 fully saturated rings. The summed E-state index contributed by atoms with van der Waals surface area (Å²) in [5.74, 6) is -1.38. The number of carbonyl (C=O) groups excluding carboxylic acids is 2. The Morgan fingerprint density at radius 1 is 1.20 bits per heavy atom. The monoisotopic (exact) mass is 483 g/mol. The quantitative estimate of drug-likeness (QED) is 0.633. The smallest absolute Gasteiger partial charge is 0.376 e. The molecule has 2 amide bonds. The highest BCUT2D eigenvalue weighted by Gasteiger charge is 2.52. The molecule has 2 aromatic rings. The van der Waals surface area contributed by atoms with Gasteiger partial charge < -0.3 is 15.7 Å². The van der Waals surface area contributed by atoms with Crippen molar-refractivity contribution in [3.63, 3.8) is 0 Å². The molecule has 1 aromatic heterocycles. The number of benzene rings is 1. The minimum Gasteiger partial charge on any atom is -0.376 e. The molecule has 1 heterocycles. The molecule has 0 radical (unpaired) electrons. The van der Waals surface area contributed by atoms with Crippen molar-refractivity contribution >= 4 is 46.4 Å². The van der Waals surface area contributed by atoms with E-state index in [9.17, 15) is 27.9 Å². The number of thiazole rings is 1. The van der Waals surface area contributed by atoms with Gasteiger partial charge in [0.05, 0.1) is 14.9 Å². The van der Waals surface area contributed by atoms with Crippen molar-refractivity contribution in [3.8, 4) is 10.4 Å². The average Bonchev–Trinajstić information content (AvgIpc) is 3.09. The zero-order valence-corrected chi connectivity index (χ0v) is 18.4. The third-order valence-electron chi connectivity index (χ3n) is 4.49. The molecule has 0 saturated heterocycles. The van der Waals surface area contributed by atoms with Gasteiger partial charge >= 0.3 is 6.18 Å². The van der Waals surface area contributed by atoms with E-state index >= 15 is 0 Å². The number of hydrogen-bond acceptors (Lipinski definition) is 5. The summed E-state index contributed by atoms with van der Waals surface area (Å²) in [6.07, 6.45) is -5.00. The van der Waals surface area contributed by atoms with Crippen LogP contribution in [-0.2, 0) is 5.60 Å². The number of nitrogens with zero attached hydrogens (tertiary/aromatic N) is 2. The molecule has 6 nitrogen and oxygen atoms in total. The lowest BCUT2D eigenvalue weighted by Crippen LogP contribution is -2.39. The zero-order chi connectivity index (χ0) is 23.0. The molecule has 3 N–H and O–H groups in total. The van der Waals surface area contributed by atoms with Gasteiger partial charge in [-0.15, -0.1) is 11.3 Å². The summed E-state index contributed by atoms with van der Waals surface area (Å²) in [5.41, 5.74) is 1.34. The van der Waals surface area contributed by atoms with Crippen LogP contribution >= 0.6 is 34.5 Å². The Balaban J connectivity index is 2.72. The van der Waals surface area contributed by atoms with Crippen molar-refractivity contribution in [1.82, 2.24) is 9.88 Å². The van der Waals surface area contributed by atoms with Crippen LogP contribution in [0.1, 0.15) is 46.6 Å². The van der Waals surface area contributed by atoms with Gasteiger partial charge in [-0.05, 0) is 20.8 Å². The van der Waals surface area contributed by atoms with Crippen molar-refractivity contribution in [2.24, 2.45) is 5.73 Å². The molecule has 0 aliphatic carbocycles. The standard InChI is InChI=1S/C18H18Cl2F3N3O3S/c1-4-26(5-2)16(28)12-13(30-15(25-12)14(24)27)8-6-7-9(11(20)10(8)19)17(3,29)18(21,22)23/h6-7,29H,4-5H2,1-3H3,(H2,24,27). The predicted molar refractivity (Wildman–Crippen MR) is 109 cm³/mol. The second-order valence-corrected chi connectivity index (χ2v) is 8.15. The van der Waals surface area contributed by atoms with Crippen molar-refractivity contribution < 1.29 is 27.9 Å². The minimum absolute atomic E-state index is 0.0869. The van der Waals surface area contributed by atoms with Gasteiger partial charge in [0.25, 0.3) is 11.8 Å². The van der Waals surface area contributed by atoms with E-state index in [1.165, 1.54) is 11.0 Å². The Bertz CT molecular complexity index is 989. The minimum atomic E-state index is -5.00. The van der Waals surface area contributed by atoms with Gasteiger partial charge in [-0.3, -0.25) is 9.59 Å². The van der Waals surface area contributed by atoms with Crippen molar-refractivity contribution in [2.45, 2.75) is 32.5 Å². The first-order valence-corrected chi connectivity index (χ1v) is 10.2. The van der Waals surface area contributed by atoms with Crippen LogP contribution in [0.2, 0.25) is 10.0 Å². The van der Waals surface area contributed by atoms with Gasteiger partial charge in [-0.25, -0.2) is 4.98 Å². The number of nitrogens with two attached hydrogens (primary N) is 1. The molecule has 0 spiro atoms. The van der Waals surface area contributed by atoms with Gasteiger partial charge in [0.2, 0.25) is 0 Å². The Hall–Kier alpha value is -1.88. The molecular formula is C18H18Cl2F3N3O3S. The average molecular weight is 484 g/mol. The number of aliphatic hydroxyl groups is 1. The van der Waals surface area contributed by atoms with E-state index in [1.54, 1.807) is 13.8 Å². The Morgan fingerprint density at radius 3 is 2.23 bits per heavy atom. The van der Waals surface area contributed by atoms with Crippen LogP contribution < -0.4 is 5.73 Å². The van der Waals surface area contributed by atoms with Crippen LogP contribution in [0.3, 0.4) is 0 Å². The largest absolute Gasteiger partial charge is 0.421 e. The van der Waals surface area contributed by atoms with Crippen LogP contribution in [0.25, 0.3) is 10.4 Å². The maximum absolute atomic E-state index is 13.2. The van der Waals surface area contributed by atoms with E-state index < -0.39 is 34.2 Å². The van der Waals surface area contributed by atoms with Gasteiger partial charge in [-0.1, -0.05) is 35.3 Å². The summed E-state index contributed by atoms with van der Waals surface area (Å²) in [6.45, 7) is 4.78. The molecular weight excluding hydrogens is 466 g/mol. The molecule has 0 bridgehead atoms. The number of primary amides is 1. The van der Waals surface area contributed by atoms with Crippen LogP contribution in [0.4, 0.5) is 13.2 Å². The highest BCUT2D eigenvalue weighted by atomic mass is 35.5. The van der Waals surface area contributed by atoms with E-state index in [1.807, 2.05) is 0 Å². The molecule has 1 atom stereocenters. The summed E-state index contributed by atoms with van der Waals surface area (Å²) in [7, 11) is 0. The van der Waals surface area contributed by atoms with E-state index in [4.69, 9.17) is 28.9 Å². The predicted octanol–water partition coefficient (Wildman–Crippen LogP) is 4.47. The first-order valence-electron chi connectivity index (χ1n) is 8.65. The summed E-state index contributed by atoms with van der Waals surface area (Å²) < 4.78 is 39.7. The molecule has 0 aliphatic rings. The Kier molecular flexibility index (Phi) is 7.07. The maximum Gasteiger partial charge on any atom is 0.421 e. The lowest BCUT2D eigenvalue weighted by molar-refractivity contribution is -0.258. The second-order valence-electron chi connectivity index (χ2n) is 6.40. The van der Waals surface area contributed by atoms with Gasteiger partial charge in [0.15, 0.2) is 10.6 Å². The fraction of sp³-hybridized carbons (Fsp3) is 0.389. The molecule has 30 heavy (non-hydrogen) atoms. The van der Waals surface area contributed by atoms with E-state index in [0.29, 0.717) is 20.0 Å². The van der Waals surface area contributed by atoms with Crippen LogP contribution in [0, 0.1) is 0 Å². The topological polar surface area (TPSA) is 96.5 Å². The summed E-state index contributed by atoms with van der Waals surface area (Å²) in [4.78, 5) is 30.0. The lowest BCUT2D eigenvalue weighted by Gasteiger charge is -2.28. The fourth-order valence-corrected chi connectivity index (χ4v) is 4.27. The highest BCUT2D eigenvalue weighted by Crippen LogP contribution is 2.47. The zero-order valence-electron chi connectivity index (χ0n) is 16.1. The third-order valence-corrected chi connectivity index (χ3v) is 6.48. The number of carbonyl (C=O) groups is 2. The number of rotatable bonds is 6.